The van der Waals surface area contributed by atoms with E-state index in [0.29, 0.717) is 18.1 Å². The summed E-state index contributed by atoms with van der Waals surface area (Å²) in [6.45, 7) is 7.37. The minimum absolute atomic E-state index is 0.0850. The van der Waals surface area contributed by atoms with Crippen molar-refractivity contribution in [3.63, 3.8) is 0 Å². The number of urea groups is 1. The topological polar surface area (TPSA) is 35.6 Å². The zero-order valence-electron chi connectivity index (χ0n) is 12.6. The minimum Gasteiger partial charge on any atom is -0.369 e. The molecule has 0 aliphatic carbocycles. The van der Waals surface area contributed by atoms with Gasteiger partial charge in [0.2, 0.25) is 0 Å². The van der Waals surface area contributed by atoms with Crippen LogP contribution in [-0.4, -0.2) is 48.6 Å². The SMILES string of the molecule is CCN(CC)C(=O)Nc1ccc(N2CCSCC2)c(Cl)c1. The first-order chi connectivity index (χ1) is 10.2. The van der Waals surface area contributed by atoms with Gasteiger partial charge in [0, 0.05) is 43.4 Å². The van der Waals surface area contributed by atoms with E-state index in [9.17, 15) is 4.79 Å². The Morgan fingerprint density at radius 2 is 2.00 bits per heavy atom. The molecular formula is C15H22ClN3OS. The Morgan fingerprint density at radius 1 is 1.33 bits per heavy atom. The van der Waals surface area contributed by atoms with E-state index >= 15 is 0 Å². The summed E-state index contributed by atoms with van der Waals surface area (Å²) < 4.78 is 0. The van der Waals surface area contributed by atoms with Crippen LogP contribution in [0.4, 0.5) is 16.2 Å². The fourth-order valence-electron chi connectivity index (χ4n) is 2.36. The molecule has 1 fully saturated rings. The Bertz CT molecular complexity index is 488. The van der Waals surface area contributed by atoms with Crippen molar-refractivity contribution in [1.82, 2.24) is 4.90 Å². The molecule has 6 heteroatoms. The molecular weight excluding hydrogens is 306 g/mol. The van der Waals surface area contributed by atoms with Crippen LogP contribution in [0.3, 0.4) is 0 Å². The van der Waals surface area contributed by atoms with Crippen molar-refractivity contribution in [3.05, 3.63) is 23.2 Å². The van der Waals surface area contributed by atoms with E-state index in [2.05, 4.69) is 10.2 Å². The van der Waals surface area contributed by atoms with Crippen LogP contribution in [0.15, 0.2) is 18.2 Å². The first kappa shape index (κ1) is 16.3. The van der Waals surface area contributed by atoms with Gasteiger partial charge in [-0.05, 0) is 32.0 Å². The molecule has 116 valence electrons. The van der Waals surface area contributed by atoms with Crippen LogP contribution in [0.2, 0.25) is 5.02 Å². The molecule has 1 heterocycles. The van der Waals surface area contributed by atoms with Crippen LogP contribution < -0.4 is 10.2 Å². The molecule has 0 unspecified atom stereocenters. The third kappa shape index (κ3) is 4.20. The van der Waals surface area contributed by atoms with Crippen molar-refractivity contribution in [2.24, 2.45) is 0 Å². The van der Waals surface area contributed by atoms with Gasteiger partial charge in [0.25, 0.3) is 0 Å². The number of amides is 2. The van der Waals surface area contributed by atoms with Gasteiger partial charge in [0.05, 0.1) is 10.7 Å². The lowest BCUT2D eigenvalue weighted by Gasteiger charge is -2.29. The molecule has 21 heavy (non-hydrogen) atoms. The molecule has 1 aromatic carbocycles. The number of anilines is 2. The number of carbonyl (C=O) groups excluding carboxylic acids is 1. The van der Waals surface area contributed by atoms with E-state index in [0.717, 1.165) is 36.0 Å². The third-order valence-corrected chi connectivity index (χ3v) is 4.85. The van der Waals surface area contributed by atoms with E-state index in [-0.39, 0.29) is 6.03 Å². The van der Waals surface area contributed by atoms with Crippen LogP contribution in [0, 0.1) is 0 Å². The first-order valence-electron chi connectivity index (χ1n) is 7.33. The molecule has 2 rings (SSSR count). The van der Waals surface area contributed by atoms with Crippen LogP contribution in [0.5, 0.6) is 0 Å². The second-order valence-corrected chi connectivity index (χ2v) is 6.50. The minimum atomic E-state index is -0.0850. The first-order valence-corrected chi connectivity index (χ1v) is 8.87. The zero-order valence-corrected chi connectivity index (χ0v) is 14.1. The van der Waals surface area contributed by atoms with Gasteiger partial charge in [-0.2, -0.15) is 11.8 Å². The van der Waals surface area contributed by atoms with Gasteiger partial charge < -0.3 is 15.1 Å². The smallest absolute Gasteiger partial charge is 0.321 e. The molecule has 1 saturated heterocycles. The average molecular weight is 328 g/mol. The molecule has 2 amide bonds. The van der Waals surface area contributed by atoms with Crippen molar-refractivity contribution < 1.29 is 4.79 Å². The lowest BCUT2D eigenvalue weighted by molar-refractivity contribution is 0.217. The predicted molar refractivity (Wildman–Crippen MR) is 92.9 cm³/mol. The van der Waals surface area contributed by atoms with Crippen molar-refractivity contribution >= 4 is 40.8 Å². The highest BCUT2D eigenvalue weighted by atomic mass is 35.5. The van der Waals surface area contributed by atoms with Crippen molar-refractivity contribution in [2.75, 3.05) is 47.9 Å². The number of hydrogen-bond donors (Lipinski definition) is 1. The Hall–Kier alpha value is -1.07. The summed E-state index contributed by atoms with van der Waals surface area (Å²) in [5.41, 5.74) is 1.80. The summed E-state index contributed by atoms with van der Waals surface area (Å²) in [6, 6.07) is 5.67. The zero-order chi connectivity index (χ0) is 15.2. The largest absolute Gasteiger partial charge is 0.369 e. The molecule has 1 aliphatic heterocycles. The summed E-state index contributed by atoms with van der Waals surface area (Å²) in [7, 11) is 0. The van der Waals surface area contributed by atoms with Gasteiger partial charge in [0.15, 0.2) is 0 Å². The maximum atomic E-state index is 12.0. The lowest BCUT2D eigenvalue weighted by Crippen LogP contribution is -2.34. The van der Waals surface area contributed by atoms with E-state index in [1.807, 2.05) is 43.8 Å². The van der Waals surface area contributed by atoms with Gasteiger partial charge in [-0.3, -0.25) is 0 Å². The van der Waals surface area contributed by atoms with Gasteiger partial charge in [0.1, 0.15) is 0 Å². The Labute approximate surface area is 135 Å². The molecule has 4 nitrogen and oxygen atoms in total. The number of thioether (sulfide) groups is 1. The number of carbonyl (C=O) groups is 1. The summed E-state index contributed by atoms with van der Waals surface area (Å²) >= 11 is 8.35. The highest BCUT2D eigenvalue weighted by Gasteiger charge is 2.15. The molecule has 0 bridgehead atoms. The standard InChI is InChI=1S/C15H22ClN3OS/c1-3-18(4-2)15(20)17-12-5-6-14(13(16)11-12)19-7-9-21-10-8-19/h5-6,11H,3-4,7-10H2,1-2H3,(H,17,20). The summed E-state index contributed by atoms with van der Waals surface area (Å²) in [4.78, 5) is 16.1. The van der Waals surface area contributed by atoms with Gasteiger partial charge in [-0.1, -0.05) is 11.6 Å². The number of benzene rings is 1. The predicted octanol–water partition coefficient (Wildman–Crippen LogP) is 3.77. The Kier molecular flexibility index (Phi) is 6.06. The van der Waals surface area contributed by atoms with Crippen LogP contribution >= 0.6 is 23.4 Å². The average Bonchev–Trinajstić information content (AvgIpc) is 2.49. The molecule has 1 aliphatic rings. The van der Waals surface area contributed by atoms with Crippen molar-refractivity contribution in [2.45, 2.75) is 13.8 Å². The molecule has 0 spiro atoms. The number of hydrogen-bond acceptors (Lipinski definition) is 3. The number of halogens is 1. The maximum absolute atomic E-state index is 12.0. The summed E-state index contributed by atoms with van der Waals surface area (Å²) in [5.74, 6) is 2.27. The highest BCUT2D eigenvalue weighted by molar-refractivity contribution is 7.99. The van der Waals surface area contributed by atoms with Crippen molar-refractivity contribution in [1.29, 1.82) is 0 Å². The molecule has 0 saturated carbocycles. The fourth-order valence-corrected chi connectivity index (χ4v) is 3.56. The lowest BCUT2D eigenvalue weighted by atomic mass is 10.2. The summed E-state index contributed by atoms with van der Waals surface area (Å²) in [5, 5.41) is 3.59. The molecule has 0 atom stereocenters. The fraction of sp³-hybridized carbons (Fsp3) is 0.533. The number of nitrogens with zero attached hydrogens (tertiary/aromatic N) is 2. The summed E-state index contributed by atoms with van der Waals surface area (Å²) in [6.07, 6.45) is 0. The van der Waals surface area contributed by atoms with E-state index in [1.165, 1.54) is 0 Å². The van der Waals surface area contributed by atoms with Crippen LogP contribution in [-0.2, 0) is 0 Å². The molecule has 1 aromatic rings. The van der Waals surface area contributed by atoms with Crippen molar-refractivity contribution in [3.8, 4) is 0 Å². The molecule has 0 radical (unpaired) electrons. The second-order valence-electron chi connectivity index (χ2n) is 4.87. The highest BCUT2D eigenvalue weighted by Crippen LogP contribution is 2.30. The van der Waals surface area contributed by atoms with E-state index < -0.39 is 0 Å². The van der Waals surface area contributed by atoms with Crippen LogP contribution in [0.1, 0.15) is 13.8 Å². The van der Waals surface area contributed by atoms with E-state index in [1.54, 1.807) is 4.90 Å². The third-order valence-electron chi connectivity index (χ3n) is 3.60. The second kappa shape index (κ2) is 7.80. The van der Waals surface area contributed by atoms with Gasteiger partial charge in [-0.15, -0.1) is 0 Å². The molecule has 1 N–H and O–H groups in total. The quantitative estimate of drug-likeness (QED) is 0.914. The Balaban J connectivity index is 2.06. The van der Waals surface area contributed by atoms with Gasteiger partial charge >= 0.3 is 6.03 Å². The van der Waals surface area contributed by atoms with Gasteiger partial charge in [-0.25, -0.2) is 4.79 Å². The van der Waals surface area contributed by atoms with Crippen LogP contribution in [0.25, 0.3) is 0 Å². The maximum Gasteiger partial charge on any atom is 0.321 e. The molecule has 0 aromatic heterocycles. The van der Waals surface area contributed by atoms with E-state index in [4.69, 9.17) is 11.6 Å². The number of nitrogens with one attached hydrogen (secondary N) is 1. The normalized spacial score (nSPS) is 14.9. The Morgan fingerprint density at radius 3 is 2.57 bits per heavy atom. The monoisotopic (exact) mass is 327 g/mol. The number of rotatable bonds is 4.